The topological polar surface area (TPSA) is 114 Å². The first-order chi connectivity index (χ1) is 12.9. The average Bonchev–Trinajstić information content (AvgIpc) is 2.66. The molecule has 27 heavy (non-hydrogen) atoms. The molecule has 9 heteroatoms. The number of halogens is 1. The van der Waals surface area contributed by atoms with Crippen LogP contribution in [0.2, 0.25) is 0 Å². The van der Waals surface area contributed by atoms with Gasteiger partial charge in [0.2, 0.25) is 0 Å². The van der Waals surface area contributed by atoms with Crippen molar-refractivity contribution in [1.29, 1.82) is 5.26 Å². The minimum Gasteiger partial charge on any atom is -0.493 e. The number of nitrogens with zero attached hydrogens (tertiary/aromatic N) is 2. The molecule has 0 atom stereocenters. The molecule has 138 valence electrons. The number of para-hydroxylation sites is 2. The van der Waals surface area contributed by atoms with E-state index < -0.39 is 10.8 Å². The van der Waals surface area contributed by atoms with E-state index in [1.807, 2.05) is 0 Å². The molecule has 0 heterocycles. The molecule has 1 N–H and O–H groups in total. The van der Waals surface area contributed by atoms with Crippen LogP contribution >= 0.6 is 15.9 Å². The molecule has 0 aromatic heterocycles. The molecule has 0 saturated carbocycles. The first kappa shape index (κ1) is 19.9. The summed E-state index contributed by atoms with van der Waals surface area (Å²) in [5.41, 5.74) is -0.00144. The Kier molecular flexibility index (Phi) is 6.51. The van der Waals surface area contributed by atoms with Gasteiger partial charge in [-0.1, -0.05) is 28.1 Å². The van der Waals surface area contributed by atoms with Crippen molar-refractivity contribution in [2.75, 3.05) is 19.5 Å². The lowest BCUT2D eigenvalue weighted by molar-refractivity contribution is -0.383. The predicted octanol–water partition coefficient (Wildman–Crippen LogP) is 3.92. The van der Waals surface area contributed by atoms with Gasteiger partial charge in [0.1, 0.15) is 17.3 Å². The fourth-order valence-corrected chi connectivity index (χ4v) is 2.65. The van der Waals surface area contributed by atoms with E-state index >= 15 is 0 Å². The first-order valence-electron chi connectivity index (χ1n) is 7.49. The number of nitro groups is 1. The second kappa shape index (κ2) is 8.82. The zero-order chi connectivity index (χ0) is 20.0. The fourth-order valence-electron chi connectivity index (χ4n) is 2.21. The zero-order valence-corrected chi connectivity index (χ0v) is 15.9. The molecular weight excluding hydrogens is 418 g/mol. The molecule has 0 spiro atoms. The van der Waals surface area contributed by atoms with Gasteiger partial charge in [-0.2, -0.15) is 5.26 Å². The number of hydrogen-bond acceptors (Lipinski definition) is 6. The fraction of sp³-hybridized carbons (Fsp3) is 0.111. The Labute approximate surface area is 163 Å². The number of anilines is 1. The maximum atomic E-state index is 12.4. The highest BCUT2D eigenvalue weighted by Crippen LogP contribution is 2.34. The van der Waals surface area contributed by atoms with Crippen molar-refractivity contribution >= 4 is 39.3 Å². The van der Waals surface area contributed by atoms with Gasteiger partial charge >= 0.3 is 0 Å². The number of hydrogen-bond donors (Lipinski definition) is 1. The maximum Gasteiger partial charge on any atom is 0.292 e. The van der Waals surface area contributed by atoms with Crippen LogP contribution in [0.15, 0.2) is 46.4 Å². The number of carbonyl (C=O) groups excluding carboxylic acids is 1. The summed E-state index contributed by atoms with van der Waals surface area (Å²) in [5, 5.41) is 22.8. The Hall–Kier alpha value is -3.38. The van der Waals surface area contributed by atoms with Gasteiger partial charge in [-0.15, -0.1) is 0 Å². The summed E-state index contributed by atoms with van der Waals surface area (Å²) in [6.07, 6.45) is 1.34. The van der Waals surface area contributed by atoms with Crippen molar-refractivity contribution in [2.24, 2.45) is 0 Å². The molecule has 0 fully saturated rings. The van der Waals surface area contributed by atoms with Gasteiger partial charge in [-0.25, -0.2) is 0 Å². The number of benzene rings is 2. The summed E-state index contributed by atoms with van der Waals surface area (Å²) in [6.45, 7) is 0. The van der Waals surface area contributed by atoms with Crippen molar-refractivity contribution in [3.8, 4) is 17.6 Å². The molecule has 0 aliphatic carbocycles. The lowest BCUT2D eigenvalue weighted by atomic mass is 10.1. The molecule has 0 unspecified atom stereocenters. The van der Waals surface area contributed by atoms with Gasteiger partial charge in [0.25, 0.3) is 11.6 Å². The van der Waals surface area contributed by atoms with Crippen LogP contribution in [0.1, 0.15) is 5.56 Å². The lowest BCUT2D eigenvalue weighted by Crippen LogP contribution is -2.14. The van der Waals surface area contributed by atoms with E-state index in [0.717, 1.165) is 0 Å². The third kappa shape index (κ3) is 4.62. The Bertz CT molecular complexity index is 966. The Morgan fingerprint density at radius 3 is 2.48 bits per heavy atom. The monoisotopic (exact) mass is 431 g/mol. The number of carbonyl (C=O) groups is 1. The van der Waals surface area contributed by atoms with Crippen LogP contribution in [-0.4, -0.2) is 25.1 Å². The van der Waals surface area contributed by atoms with E-state index in [1.165, 1.54) is 38.5 Å². The number of nitriles is 1. The molecule has 0 aliphatic heterocycles. The second-order valence-corrected chi connectivity index (χ2v) is 5.98. The van der Waals surface area contributed by atoms with E-state index in [0.29, 0.717) is 21.5 Å². The van der Waals surface area contributed by atoms with Crippen molar-refractivity contribution in [2.45, 2.75) is 0 Å². The molecule has 0 radical (unpaired) electrons. The van der Waals surface area contributed by atoms with Gasteiger partial charge in [-0.3, -0.25) is 14.9 Å². The van der Waals surface area contributed by atoms with Crippen LogP contribution < -0.4 is 14.8 Å². The number of methoxy groups -OCH3 is 2. The first-order valence-corrected chi connectivity index (χ1v) is 8.28. The molecule has 0 aliphatic rings. The van der Waals surface area contributed by atoms with Gasteiger partial charge < -0.3 is 14.8 Å². The highest BCUT2D eigenvalue weighted by atomic mass is 79.9. The molecule has 0 bridgehead atoms. The van der Waals surface area contributed by atoms with Gasteiger partial charge in [0, 0.05) is 10.5 Å². The SMILES string of the molecule is COc1cc(Br)c(/C=C(\C#N)C(=O)Nc2ccccc2[N+](=O)[O-])cc1OC. The Morgan fingerprint density at radius 1 is 1.26 bits per heavy atom. The molecule has 2 rings (SSSR count). The molecule has 2 aromatic carbocycles. The normalized spacial score (nSPS) is 10.7. The average molecular weight is 432 g/mol. The number of nitro benzene ring substituents is 1. The summed E-state index contributed by atoms with van der Waals surface area (Å²) < 4.78 is 11.0. The van der Waals surface area contributed by atoms with Crippen LogP contribution in [-0.2, 0) is 4.79 Å². The molecular formula is C18H14BrN3O5. The zero-order valence-electron chi connectivity index (χ0n) is 14.4. The molecule has 1 amide bonds. The summed E-state index contributed by atoms with van der Waals surface area (Å²) in [4.78, 5) is 22.9. The molecule has 2 aromatic rings. The third-order valence-electron chi connectivity index (χ3n) is 3.52. The van der Waals surface area contributed by atoms with E-state index in [-0.39, 0.29) is 16.9 Å². The molecule has 0 saturated heterocycles. The standard InChI is InChI=1S/C18H14BrN3O5/c1-26-16-8-11(13(19)9-17(16)27-2)7-12(10-20)18(23)21-14-5-3-4-6-15(14)22(24)25/h3-9H,1-2H3,(H,21,23)/b12-7+. The minimum atomic E-state index is -0.770. The number of rotatable bonds is 6. The summed E-state index contributed by atoms with van der Waals surface area (Å²) in [6, 6.07) is 10.7. The van der Waals surface area contributed by atoms with Crippen LogP contribution in [0.25, 0.3) is 6.08 Å². The quantitative estimate of drug-likeness (QED) is 0.320. The summed E-state index contributed by atoms with van der Waals surface area (Å²) in [7, 11) is 2.95. The van der Waals surface area contributed by atoms with Crippen molar-refractivity contribution in [3.63, 3.8) is 0 Å². The lowest BCUT2D eigenvalue weighted by Gasteiger charge is -2.10. The minimum absolute atomic E-state index is 0.0000251. The maximum absolute atomic E-state index is 12.4. The van der Waals surface area contributed by atoms with Crippen molar-refractivity contribution in [1.82, 2.24) is 0 Å². The highest BCUT2D eigenvalue weighted by Gasteiger charge is 2.18. The van der Waals surface area contributed by atoms with Crippen LogP contribution in [0.5, 0.6) is 11.5 Å². The van der Waals surface area contributed by atoms with Crippen LogP contribution in [0.4, 0.5) is 11.4 Å². The van der Waals surface area contributed by atoms with Gasteiger partial charge in [-0.05, 0) is 29.8 Å². The Balaban J connectivity index is 2.38. The van der Waals surface area contributed by atoms with Crippen molar-refractivity contribution in [3.05, 3.63) is 62.1 Å². The predicted molar refractivity (Wildman–Crippen MR) is 103 cm³/mol. The second-order valence-electron chi connectivity index (χ2n) is 5.13. The van der Waals surface area contributed by atoms with Crippen molar-refractivity contribution < 1.29 is 19.2 Å². The largest absolute Gasteiger partial charge is 0.493 e. The van der Waals surface area contributed by atoms with Crippen LogP contribution in [0, 0.1) is 21.4 Å². The summed E-state index contributed by atoms with van der Waals surface area (Å²) >= 11 is 3.35. The number of ether oxygens (including phenoxy) is 2. The van der Waals surface area contributed by atoms with Gasteiger partial charge in [0.15, 0.2) is 11.5 Å². The number of amides is 1. The van der Waals surface area contributed by atoms with E-state index in [9.17, 15) is 20.2 Å². The summed E-state index contributed by atoms with van der Waals surface area (Å²) in [5.74, 6) is 0.126. The van der Waals surface area contributed by atoms with E-state index in [2.05, 4.69) is 21.2 Å². The molecule has 8 nitrogen and oxygen atoms in total. The van der Waals surface area contributed by atoms with Crippen LogP contribution in [0.3, 0.4) is 0 Å². The van der Waals surface area contributed by atoms with E-state index in [4.69, 9.17) is 9.47 Å². The Morgan fingerprint density at radius 2 is 1.89 bits per heavy atom. The smallest absolute Gasteiger partial charge is 0.292 e. The highest BCUT2D eigenvalue weighted by molar-refractivity contribution is 9.10. The van der Waals surface area contributed by atoms with E-state index in [1.54, 1.807) is 24.3 Å². The van der Waals surface area contributed by atoms with Gasteiger partial charge in [0.05, 0.1) is 19.1 Å². The third-order valence-corrected chi connectivity index (χ3v) is 4.20. The number of nitrogens with one attached hydrogen (secondary N) is 1.